The van der Waals surface area contributed by atoms with E-state index in [-0.39, 0.29) is 21.5 Å². The van der Waals surface area contributed by atoms with E-state index in [0.29, 0.717) is 20.8 Å². The van der Waals surface area contributed by atoms with Gasteiger partial charge in [-0.15, -0.1) is 11.3 Å². The molecule has 1 unspecified atom stereocenters. The van der Waals surface area contributed by atoms with Gasteiger partial charge in [0.05, 0.1) is 21.4 Å². The average molecular weight is 445 g/mol. The predicted octanol–water partition coefficient (Wildman–Crippen LogP) is 5.90. The molecule has 1 aromatic carbocycles. The number of hydrogen-bond acceptors (Lipinski definition) is 4. The second kappa shape index (κ2) is 8.39. The number of carbonyl (C=O) groups is 1. The van der Waals surface area contributed by atoms with E-state index in [9.17, 15) is 14.5 Å². The fourth-order valence-electron chi connectivity index (χ4n) is 2.27. The second-order valence-electron chi connectivity index (χ2n) is 6.88. The summed E-state index contributed by atoms with van der Waals surface area (Å²) >= 11 is 13.2. The molecule has 0 aliphatic rings. The van der Waals surface area contributed by atoms with Gasteiger partial charge in [-0.25, -0.2) is 4.79 Å². The summed E-state index contributed by atoms with van der Waals surface area (Å²) in [5, 5.41) is 10.5. The quantitative estimate of drug-likeness (QED) is 0.460. The monoisotopic (exact) mass is 444 g/mol. The Balaban J connectivity index is 2.49. The van der Waals surface area contributed by atoms with E-state index in [4.69, 9.17) is 27.7 Å². The minimum Gasteiger partial charge on any atom is -0.477 e. The fraction of sp³-hybridized carbons (Fsp3) is 0.316. The van der Waals surface area contributed by atoms with Gasteiger partial charge in [-0.1, -0.05) is 35.0 Å². The van der Waals surface area contributed by atoms with Crippen LogP contribution in [-0.2, 0) is 15.3 Å². The van der Waals surface area contributed by atoms with Crippen molar-refractivity contribution in [3.05, 3.63) is 49.6 Å². The van der Waals surface area contributed by atoms with Crippen molar-refractivity contribution >= 4 is 53.2 Å². The van der Waals surface area contributed by atoms with Crippen LogP contribution in [0.25, 0.3) is 0 Å². The maximum atomic E-state index is 13.4. The standard InChI is InChI=1S/C19H19Cl2O4PS/c1-19(2,3)8-7-14-9-12(17(27-14)18(22)23)11-26(24,25-4)16-6-5-13(20)10-15(16)21/h5-6,9-10H,11H2,1-4H3,(H,22,23). The molecule has 2 rings (SSSR count). The third-order valence-electron chi connectivity index (χ3n) is 3.51. The van der Waals surface area contributed by atoms with Gasteiger partial charge in [-0.05, 0) is 50.6 Å². The van der Waals surface area contributed by atoms with Gasteiger partial charge in [0, 0.05) is 17.5 Å². The summed E-state index contributed by atoms with van der Waals surface area (Å²) in [4.78, 5) is 12.3. The highest BCUT2D eigenvalue weighted by Gasteiger charge is 2.31. The van der Waals surface area contributed by atoms with Crippen LogP contribution in [-0.4, -0.2) is 18.2 Å². The van der Waals surface area contributed by atoms with Crippen molar-refractivity contribution in [1.29, 1.82) is 0 Å². The maximum absolute atomic E-state index is 13.4. The minimum absolute atomic E-state index is 0.0931. The topological polar surface area (TPSA) is 63.6 Å². The predicted molar refractivity (Wildman–Crippen MR) is 112 cm³/mol. The summed E-state index contributed by atoms with van der Waals surface area (Å²) in [7, 11) is -2.11. The van der Waals surface area contributed by atoms with Gasteiger partial charge in [0.15, 0.2) is 0 Å². The smallest absolute Gasteiger partial charge is 0.346 e. The molecule has 0 fully saturated rings. The lowest BCUT2D eigenvalue weighted by molar-refractivity contribution is 0.0701. The summed E-state index contributed by atoms with van der Waals surface area (Å²) < 4.78 is 18.7. The van der Waals surface area contributed by atoms with Crippen molar-refractivity contribution in [2.75, 3.05) is 7.11 Å². The molecule has 1 atom stereocenters. The molecule has 0 aliphatic carbocycles. The molecule has 0 saturated carbocycles. The Morgan fingerprint density at radius 1 is 1.30 bits per heavy atom. The Bertz CT molecular complexity index is 980. The number of carboxylic acid groups (broad SMARTS) is 1. The Kier molecular flexibility index (Phi) is 6.84. The summed E-state index contributed by atoms with van der Waals surface area (Å²) in [5.74, 6) is 4.97. The average Bonchev–Trinajstić information content (AvgIpc) is 2.95. The van der Waals surface area contributed by atoms with Crippen molar-refractivity contribution < 1.29 is 19.0 Å². The third-order valence-corrected chi connectivity index (χ3v) is 7.75. The first-order valence-electron chi connectivity index (χ1n) is 7.95. The number of hydrogen-bond donors (Lipinski definition) is 1. The summed E-state index contributed by atoms with van der Waals surface area (Å²) in [6.45, 7) is 5.90. The minimum atomic E-state index is -3.43. The SMILES string of the molecule is COP(=O)(Cc1cc(C#CC(C)(C)C)sc1C(=O)O)c1ccc(Cl)cc1Cl. The molecule has 0 saturated heterocycles. The largest absolute Gasteiger partial charge is 0.477 e. The number of thiophene rings is 1. The van der Waals surface area contributed by atoms with Crippen molar-refractivity contribution in [3.63, 3.8) is 0 Å². The Labute approximate surface area is 172 Å². The zero-order chi connectivity index (χ0) is 20.4. The van der Waals surface area contributed by atoms with E-state index in [1.807, 2.05) is 20.8 Å². The second-order valence-corrected chi connectivity index (χ2v) is 11.3. The summed E-state index contributed by atoms with van der Waals surface area (Å²) in [5.41, 5.74) is 0.188. The van der Waals surface area contributed by atoms with Crippen LogP contribution in [0.1, 0.15) is 40.9 Å². The van der Waals surface area contributed by atoms with Gasteiger partial charge in [-0.2, -0.15) is 0 Å². The van der Waals surface area contributed by atoms with Gasteiger partial charge in [0.2, 0.25) is 7.37 Å². The Morgan fingerprint density at radius 2 is 1.96 bits per heavy atom. The molecular weight excluding hydrogens is 426 g/mol. The summed E-state index contributed by atoms with van der Waals surface area (Å²) in [6, 6.07) is 6.25. The Morgan fingerprint density at radius 3 is 2.48 bits per heavy atom. The molecular formula is C19H19Cl2O4PS. The van der Waals surface area contributed by atoms with Crippen LogP contribution in [0.3, 0.4) is 0 Å². The fourth-order valence-corrected chi connectivity index (χ4v) is 5.93. The first-order chi connectivity index (χ1) is 12.4. The molecule has 0 aliphatic heterocycles. The maximum Gasteiger partial charge on any atom is 0.346 e. The number of carboxylic acids is 1. The molecule has 0 amide bonds. The molecule has 8 heteroatoms. The van der Waals surface area contributed by atoms with E-state index >= 15 is 0 Å². The molecule has 0 radical (unpaired) electrons. The van der Waals surface area contributed by atoms with Crippen molar-refractivity contribution in [1.82, 2.24) is 0 Å². The van der Waals surface area contributed by atoms with Crippen molar-refractivity contribution in [3.8, 4) is 11.8 Å². The number of benzene rings is 1. The van der Waals surface area contributed by atoms with E-state index < -0.39 is 13.3 Å². The van der Waals surface area contributed by atoms with Crippen molar-refractivity contribution in [2.24, 2.45) is 5.41 Å². The highest BCUT2D eigenvalue weighted by atomic mass is 35.5. The number of aromatic carboxylic acids is 1. The molecule has 0 bridgehead atoms. The molecule has 1 aromatic heterocycles. The normalized spacial score (nSPS) is 13.6. The van der Waals surface area contributed by atoms with Gasteiger partial charge in [0.25, 0.3) is 0 Å². The van der Waals surface area contributed by atoms with Crippen LogP contribution in [0.5, 0.6) is 0 Å². The van der Waals surface area contributed by atoms with Crippen LogP contribution in [0.2, 0.25) is 10.0 Å². The molecule has 144 valence electrons. The number of rotatable bonds is 5. The van der Waals surface area contributed by atoms with E-state index in [1.54, 1.807) is 18.2 Å². The van der Waals surface area contributed by atoms with Crippen LogP contribution in [0, 0.1) is 17.3 Å². The first-order valence-corrected chi connectivity index (χ1v) is 11.3. The highest BCUT2D eigenvalue weighted by Crippen LogP contribution is 2.51. The lowest BCUT2D eigenvalue weighted by Gasteiger charge is -2.18. The first kappa shape index (κ1) is 22.0. The van der Waals surface area contributed by atoms with Crippen LogP contribution >= 0.6 is 41.9 Å². The molecule has 0 spiro atoms. The highest BCUT2D eigenvalue weighted by molar-refractivity contribution is 7.66. The van der Waals surface area contributed by atoms with Crippen molar-refractivity contribution in [2.45, 2.75) is 26.9 Å². The molecule has 2 aromatic rings. The summed E-state index contributed by atoms with van der Waals surface area (Å²) in [6.07, 6.45) is -0.0970. The van der Waals surface area contributed by atoms with E-state index in [0.717, 1.165) is 11.3 Å². The van der Waals surface area contributed by atoms with Gasteiger partial charge in [-0.3, -0.25) is 4.57 Å². The van der Waals surface area contributed by atoms with Gasteiger partial charge in [0.1, 0.15) is 4.88 Å². The van der Waals surface area contributed by atoms with Crippen LogP contribution in [0.15, 0.2) is 24.3 Å². The molecule has 1 heterocycles. The van der Waals surface area contributed by atoms with Crippen LogP contribution in [0.4, 0.5) is 0 Å². The van der Waals surface area contributed by atoms with E-state index in [1.165, 1.54) is 13.2 Å². The lowest BCUT2D eigenvalue weighted by atomic mass is 9.98. The zero-order valence-corrected chi connectivity index (χ0v) is 18.5. The molecule has 4 nitrogen and oxygen atoms in total. The van der Waals surface area contributed by atoms with Gasteiger partial charge >= 0.3 is 5.97 Å². The molecule has 1 N–H and O–H groups in total. The van der Waals surface area contributed by atoms with Gasteiger partial charge < -0.3 is 9.63 Å². The van der Waals surface area contributed by atoms with E-state index in [2.05, 4.69) is 11.8 Å². The number of halogens is 2. The molecule has 27 heavy (non-hydrogen) atoms. The lowest BCUT2D eigenvalue weighted by Crippen LogP contribution is -2.11. The Hall–Kier alpha value is -1.28. The third kappa shape index (κ3) is 5.60. The van der Waals surface area contributed by atoms with Crippen LogP contribution < -0.4 is 5.30 Å². The zero-order valence-electron chi connectivity index (χ0n) is 15.3.